The van der Waals surface area contributed by atoms with Crippen LogP contribution in [0.5, 0.6) is 0 Å². The number of aromatic nitrogens is 2. The Balaban J connectivity index is 1.79. The number of hydrogen-bond acceptors (Lipinski definition) is 2. The lowest BCUT2D eigenvalue weighted by Gasteiger charge is -2.12. The number of imidazole rings is 1. The number of hydrogen-bond donors (Lipinski definition) is 1. The third kappa shape index (κ3) is 2.08. The van der Waals surface area contributed by atoms with E-state index in [1.54, 1.807) is 16.5 Å². The number of aromatic amines is 1. The lowest BCUT2D eigenvalue weighted by Crippen LogP contribution is -2.20. The SMILES string of the molecule is CCN1CCC(Cc2cn3c(=O)cccc3[nH]2)C1. The van der Waals surface area contributed by atoms with E-state index in [0.717, 1.165) is 18.6 Å². The van der Waals surface area contributed by atoms with Crippen molar-refractivity contribution in [3.05, 3.63) is 40.4 Å². The molecular weight excluding hydrogens is 226 g/mol. The molecule has 4 nitrogen and oxygen atoms in total. The van der Waals surface area contributed by atoms with Gasteiger partial charge in [0, 0.05) is 24.5 Å². The average Bonchev–Trinajstić information content (AvgIpc) is 2.96. The van der Waals surface area contributed by atoms with Crippen LogP contribution in [-0.2, 0) is 6.42 Å². The first-order valence-corrected chi connectivity index (χ1v) is 6.68. The molecule has 96 valence electrons. The van der Waals surface area contributed by atoms with Gasteiger partial charge in [-0.1, -0.05) is 13.0 Å². The van der Waals surface area contributed by atoms with Crippen LogP contribution in [-0.4, -0.2) is 33.9 Å². The molecule has 2 aromatic heterocycles. The summed E-state index contributed by atoms with van der Waals surface area (Å²) in [6.45, 7) is 5.75. The number of H-pyrrole nitrogens is 1. The highest BCUT2D eigenvalue weighted by Gasteiger charge is 2.21. The Morgan fingerprint density at radius 1 is 1.44 bits per heavy atom. The molecule has 1 atom stereocenters. The van der Waals surface area contributed by atoms with Gasteiger partial charge in [-0.15, -0.1) is 0 Å². The fourth-order valence-electron chi connectivity index (χ4n) is 2.87. The second kappa shape index (κ2) is 4.61. The lowest BCUT2D eigenvalue weighted by molar-refractivity contribution is 0.341. The molecule has 4 heteroatoms. The molecule has 1 aliphatic rings. The van der Waals surface area contributed by atoms with Crippen molar-refractivity contribution in [3.63, 3.8) is 0 Å². The van der Waals surface area contributed by atoms with Gasteiger partial charge in [-0.2, -0.15) is 0 Å². The van der Waals surface area contributed by atoms with Crippen LogP contribution in [0.3, 0.4) is 0 Å². The predicted octanol–water partition coefficient (Wildman–Crippen LogP) is 1.51. The van der Waals surface area contributed by atoms with Crippen LogP contribution in [0.25, 0.3) is 5.65 Å². The first-order valence-electron chi connectivity index (χ1n) is 6.68. The maximum Gasteiger partial charge on any atom is 0.256 e. The van der Waals surface area contributed by atoms with Crippen LogP contribution < -0.4 is 5.56 Å². The van der Waals surface area contributed by atoms with E-state index in [-0.39, 0.29) is 5.56 Å². The Kier molecular flexibility index (Phi) is 2.96. The van der Waals surface area contributed by atoms with Crippen molar-refractivity contribution in [3.8, 4) is 0 Å². The number of pyridine rings is 1. The molecule has 1 unspecified atom stereocenters. The third-order valence-electron chi connectivity index (χ3n) is 3.89. The molecule has 0 bridgehead atoms. The monoisotopic (exact) mass is 245 g/mol. The summed E-state index contributed by atoms with van der Waals surface area (Å²) in [5.74, 6) is 0.716. The van der Waals surface area contributed by atoms with Crippen molar-refractivity contribution >= 4 is 5.65 Å². The maximum absolute atomic E-state index is 11.7. The number of nitrogens with zero attached hydrogens (tertiary/aromatic N) is 2. The molecule has 1 aliphatic heterocycles. The van der Waals surface area contributed by atoms with E-state index in [0.29, 0.717) is 5.92 Å². The highest BCUT2D eigenvalue weighted by Crippen LogP contribution is 2.20. The molecule has 0 aromatic carbocycles. The minimum absolute atomic E-state index is 0.0385. The summed E-state index contributed by atoms with van der Waals surface area (Å²) in [6.07, 6.45) is 4.25. The topological polar surface area (TPSA) is 40.5 Å². The van der Waals surface area contributed by atoms with E-state index in [9.17, 15) is 4.79 Å². The van der Waals surface area contributed by atoms with E-state index in [4.69, 9.17) is 0 Å². The van der Waals surface area contributed by atoms with Crippen molar-refractivity contribution < 1.29 is 0 Å². The summed E-state index contributed by atoms with van der Waals surface area (Å²) in [7, 11) is 0. The van der Waals surface area contributed by atoms with Gasteiger partial charge < -0.3 is 9.88 Å². The van der Waals surface area contributed by atoms with Crippen molar-refractivity contribution in [1.82, 2.24) is 14.3 Å². The van der Waals surface area contributed by atoms with Crippen LogP contribution >= 0.6 is 0 Å². The average molecular weight is 245 g/mol. The Hall–Kier alpha value is -1.55. The summed E-state index contributed by atoms with van der Waals surface area (Å²) in [4.78, 5) is 17.5. The van der Waals surface area contributed by atoms with E-state index in [1.807, 2.05) is 12.3 Å². The summed E-state index contributed by atoms with van der Waals surface area (Å²) in [5.41, 5.74) is 2.10. The Morgan fingerprint density at radius 3 is 3.06 bits per heavy atom. The molecule has 1 fully saturated rings. The zero-order chi connectivity index (χ0) is 12.5. The van der Waals surface area contributed by atoms with Crippen LogP contribution in [0, 0.1) is 5.92 Å². The molecule has 0 saturated carbocycles. The Morgan fingerprint density at radius 2 is 2.33 bits per heavy atom. The fraction of sp³-hybridized carbons (Fsp3) is 0.500. The fourth-order valence-corrected chi connectivity index (χ4v) is 2.87. The van der Waals surface area contributed by atoms with Gasteiger partial charge in [0.2, 0.25) is 0 Å². The largest absolute Gasteiger partial charge is 0.343 e. The highest BCUT2D eigenvalue weighted by molar-refractivity contribution is 5.39. The quantitative estimate of drug-likeness (QED) is 0.890. The number of fused-ring (bicyclic) bond motifs is 1. The first-order chi connectivity index (χ1) is 8.76. The zero-order valence-electron chi connectivity index (χ0n) is 10.7. The second-order valence-electron chi connectivity index (χ2n) is 5.15. The maximum atomic E-state index is 11.7. The zero-order valence-corrected chi connectivity index (χ0v) is 10.7. The number of likely N-dealkylation sites (tertiary alicyclic amines) is 1. The van der Waals surface area contributed by atoms with Crippen molar-refractivity contribution in [1.29, 1.82) is 0 Å². The van der Waals surface area contributed by atoms with Crippen molar-refractivity contribution in [2.24, 2.45) is 5.92 Å². The molecular formula is C14H19N3O. The minimum Gasteiger partial charge on any atom is -0.343 e. The number of rotatable bonds is 3. The third-order valence-corrected chi connectivity index (χ3v) is 3.89. The second-order valence-corrected chi connectivity index (χ2v) is 5.15. The minimum atomic E-state index is 0.0385. The van der Waals surface area contributed by atoms with Crippen molar-refractivity contribution in [2.45, 2.75) is 19.8 Å². The standard InChI is InChI=1S/C14H19N3O/c1-2-16-7-6-11(9-16)8-12-10-17-13(15-12)4-3-5-14(17)18/h3-5,10-11,15H,2,6-9H2,1H3. The molecule has 3 rings (SSSR count). The van der Waals surface area contributed by atoms with Gasteiger partial charge in [-0.25, -0.2) is 0 Å². The van der Waals surface area contributed by atoms with Gasteiger partial charge in [0.1, 0.15) is 5.65 Å². The van der Waals surface area contributed by atoms with Gasteiger partial charge in [-0.05, 0) is 37.9 Å². The summed E-state index contributed by atoms with van der Waals surface area (Å²) in [6, 6.07) is 5.34. The Bertz CT molecular complexity index is 598. The molecule has 3 heterocycles. The van der Waals surface area contributed by atoms with E-state index >= 15 is 0 Å². The van der Waals surface area contributed by atoms with E-state index in [2.05, 4.69) is 16.8 Å². The molecule has 1 saturated heterocycles. The number of nitrogens with one attached hydrogen (secondary N) is 1. The van der Waals surface area contributed by atoms with E-state index in [1.165, 1.54) is 25.2 Å². The van der Waals surface area contributed by atoms with Gasteiger partial charge in [0.25, 0.3) is 5.56 Å². The summed E-state index contributed by atoms with van der Waals surface area (Å²) < 4.78 is 1.70. The molecule has 1 N–H and O–H groups in total. The molecule has 0 aliphatic carbocycles. The van der Waals surface area contributed by atoms with Crippen molar-refractivity contribution in [2.75, 3.05) is 19.6 Å². The molecule has 0 radical (unpaired) electrons. The van der Waals surface area contributed by atoms with Crippen LogP contribution in [0.4, 0.5) is 0 Å². The Labute approximate surface area is 106 Å². The smallest absolute Gasteiger partial charge is 0.256 e. The van der Waals surface area contributed by atoms with Gasteiger partial charge in [-0.3, -0.25) is 9.20 Å². The van der Waals surface area contributed by atoms with E-state index < -0.39 is 0 Å². The molecule has 2 aromatic rings. The molecule has 0 amide bonds. The van der Waals surface area contributed by atoms with Gasteiger partial charge in [0.05, 0.1) is 0 Å². The normalized spacial score (nSPS) is 20.8. The molecule has 0 spiro atoms. The first kappa shape index (κ1) is 11.5. The molecule has 18 heavy (non-hydrogen) atoms. The van der Waals surface area contributed by atoms with Gasteiger partial charge >= 0.3 is 0 Å². The van der Waals surface area contributed by atoms with Crippen LogP contribution in [0.1, 0.15) is 19.0 Å². The van der Waals surface area contributed by atoms with Crippen LogP contribution in [0.2, 0.25) is 0 Å². The highest BCUT2D eigenvalue weighted by atomic mass is 16.1. The summed E-state index contributed by atoms with van der Waals surface area (Å²) >= 11 is 0. The summed E-state index contributed by atoms with van der Waals surface area (Å²) in [5, 5.41) is 0. The predicted molar refractivity (Wildman–Crippen MR) is 71.9 cm³/mol. The lowest BCUT2D eigenvalue weighted by atomic mass is 10.0. The van der Waals surface area contributed by atoms with Gasteiger partial charge in [0.15, 0.2) is 0 Å². The van der Waals surface area contributed by atoms with Crippen LogP contribution in [0.15, 0.2) is 29.2 Å².